The number of ether oxygens (including phenoxy) is 1. The second-order valence-corrected chi connectivity index (χ2v) is 4.95. The Morgan fingerprint density at radius 1 is 1.48 bits per heavy atom. The maximum absolute atomic E-state index is 11.6. The molecule has 5 nitrogen and oxygen atoms in total. The Bertz CT molecular complexity index is 509. The van der Waals surface area contributed by atoms with Gasteiger partial charge in [0, 0.05) is 25.6 Å². The number of methoxy groups -OCH3 is 1. The first-order valence-corrected chi connectivity index (χ1v) is 7.17. The fourth-order valence-electron chi connectivity index (χ4n) is 1.82. The smallest absolute Gasteiger partial charge is 0.221 e. The summed E-state index contributed by atoms with van der Waals surface area (Å²) in [4.78, 5) is 11.6. The summed E-state index contributed by atoms with van der Waals surface area (Å²) < 4.78 is 5.16. The number of carbonyl (C=O) groups excluding carboxylic acids is 1. The van der Waals surface area contributed by atoms with E-state index in [1.165, 1.54) is 0 Å². The minimum atomic E-state index is 0.0641. The zero-order valence-corrected chi connectivity index (χ0v) is 12.9. The van der Waals surface area contributed by atoms with Crippen molar-refractivity contribution < 1.29 is 9.53 Å². The van der Waals surface area contributed by atoms with Gasteiger partial charge in [0.15, 0.2) is 0 Å². The molecule has 5 heteroatoms. The SMILES string of the molecule is CCC(C)NC(=O)CCNCc1ccc(C#N)c(OC)c1. The number of nitriles is 1. The number of carbonyl (C=O) groups is 1. The molecule has 2 N–H and O–H groups in total. The van der Waals surface area contributed by atoms with Gasteiger partial charge in [-0.25, -0.2) is 0 Å². The summed E-state index contributed by atoms with van der Waals surface area (Å²) in [6, 6.07) is 7.77. The van der Waals surface area contributed by atoms with Crippen molar-refractivity contribution >= 4 is 5.91 Å². The van der Waals surface area contributed by atoms with Gasteiger partial charge in [-0.1, -0.05) is 13.0 Å². The predicted molar refractivity (Wildman–Crippen MR) is 81.9 cm³/mol. The summed E-state index contributed by atoms with van der Waals surface area (Å²) in [7, 11) is 1.55. The van der Waals surface area contributed by atoms with Gasteiger partial charge >= 0.3 is 0 Å². The van der Waals surface area contributed by atoms with Crippen LogP contribution in [0.25, 0.3) is 0 Å². The summed E-state index contributed by atoms with van der Waals surface area (Å²) in [5, 5.41) is 15.1. The Hall–Kier alpha value is -2.06. The van der Waals surface area contributed by atoms with Crippen molar-refractivity contribution in [2.45, 2.75) is 39.3 Å². The molecule has 0 aliphatic carbocycles. The molecule has 1 aromatic rings. The van der Waals surface area contributed by atoms with Gasteiger partial charge in [0.25, 0.3) is 0 Å². The molecule has 0 fully saturated rings. The van der Waals surface area contributed by atoms with E-state index in [0.717, 1.165) is 12.0 Å². The lowest BCUT2D eigenvalue weighted by molar-refractivity contribution is -0.121. The van der Waals surface area contributed by atoms with Crippen LogP contribution in [0.1, 0.15) is 37.8 Å². The lowest BCUT2D eigenvalue weighted by Crippen LogP contribution is -2.33. The second kappa shape index (κ2) is 8.98. The van der Waals surface area contributed by atoms with Gasteiger partial charge in [-0.2, -0.15) is 5.26 Å². The van der Waals surface area contributed by atoms with Crippen LogP contribution in [-0.2, 0) is 11.3 Å². The molecule has 1 unspecified atom stereocenters. The third-order valence-corrected chi connectivity index (χ3v) is 3.26. The van der Waals surface area contributed by atoms with Crippen LogP contribution < -0.4 is 15.4 Å². The van der Waals surface area contributed by atoms with E-state index in [4.69, 9.17) is 10.00 Å². The monoisotopic (exact) mass is 289 g/mol. The molecule has 0 heterocycles. The Morgan fingerprint density at radius 2 is 2.24 bits per heavy atom. The summed E-state index contributed by atoms with van der Waals surface area (Å²) in [6.07, 6.45) is 1.39. The van der Waals surface area contributed by atoms with Gasteiger partial charge in [-0.15, -0.1) is 0 Å². The van der Waals surface area contributed by atoms with Gasteiger partial charge < -0.3 is 15.4 Å². The topological polar surface area (TPSA) is 74.2 Å². The average molecular weight is 289 g/mol. The van der Waals surface area contributed by atoms with Gasteiger partial charge in [0.2, 0.25) is 5.91 Å². The lowest BCUT2D eigenvalue weighted by Gasteiger charge is -2.11. The lowest BCUT2D eigenvalue weighted by atomic mass is 10.1. The highest BCUT2D eigenvalue weighted by Gasteiger charge is 2.06. The fourth-order valence-corrected chi connectivity index (χ4v) is 1.82. The summed E-state index contributed by atoms with van der Waals surface area (Å²) >= 11 is 0. The van der Waals surface area contributed by atoms with Crippen LogP contribution in [0.3, 0.4) is 0 Å². The number of benzene rings is 1. The molecule has 0 aromatic heterocycles. The minimum absolute atomic E-state index is 0.0641. The van der Waals surface area contributed by atoms with E-state index < -0.39 is 0 Å². The molecule has 0 aliphatic heterocycles. The van der Waals surface area contributed by atoms with Gasteiger partial charge in [-0.05, 0) is 31.0 Å². The largest absolute Gasteiger partial charge is 0.495 e. The second-order valence-electron chi connectivity index (χ2n) is 4.95. The number of nitrogens with one attached hydrogen (secondary N) is 2. The molecule has 1 rings (SSSR count). The van der Waals surface area contributed by atoms with Crippen LogP contribution >= 0.6 is 0 Å². The van der Waals surface area contributed by atoms with Crippen LogP contribution in [-0.4, -0.2) is 25.6 Å². The van der Waals surface area contributed by atoms with E-state index in [1.807, 2.05) is 26.0 Å². The highest BCUT2D eigenvalue weighted by atomic mass is 16.5. The molecule has 0 spiro atoms. The number of hydrogen-bond donors (Lipinski definition) is 2. The average Bonchev–Trinajstić information content (AvgIpc) is 2.51. The zero-order valence-electron chi connectivity index (χ0n) is 12.9. The molecule has 1 aromatic carbocycles. The molecule has 0 bridgehead atoms. The maximum Gasteiger partial charge on any atom is 0.221 e. The van der Waals surface area contributed by atoms with E-state index in [1.54, 1.807) is 13.2 Å². The molecule has 0 radical (unpaired) electrons. The van der Waals surface area contributed by atoms with Crippen LogP contribution in [0.4, 0.5) is 0 Å². The summed E-state index contributed by atoms with van der Waals surface area (Å²) in [5.74, 6) is 0.639. The van der Waals surface area contributed by atoms with Crippen molar-refractivity contribution in [1.29, 1.82) is 5.26 Å². The Labute approximate surface area is 126 Å². The van der Waals surface area contributed by atoms with E-state index in [2.05, 4.69) is 16.7 Å². The number of rotatable bonds is 8. The van der Waals surface area contributed by atoms with Gasteiger partial charge in [0.05, 0.1) is 12.7 Å². The molecular formula is C16H23N3O2. The molecule has 0 aliphatic rings. The number of hydrogen-bond acceptors (Lipinski definition) is 4. The van der Waals surface area contributed by atoms with Gasteiger partial charge in [0.1, 0.15) is 11.8 Å². The molecule has 114 valence electrons. The molecule has 0 saturated carbocycles. The highest BCUT2D eigenvalue weighted by Crippen LogP contribution is 2.18. The van der Waals surface area contributed by atoms with Crippen LogP contribution in [0.2, 0.25) is 0 Å². The van der Waals surface area contributed by atoms with Crippen molar-refractivity contribution in [2.24, 2.45) is 0 Å². The first kappa shape index (κ1) is 17.0. The molecule has 1 atom stereocenters. The Morgan fingerprint density at radius 3 is 2.86 bits per heavy atom. The van der Waals surface area contributed by atoms with Crippen LogP contribution in [0, 0.1) is 11.3 Å². The standard InChI is InChI=1S/C16H23N3O2/c1-4-12(2)19-16(20)7-8-18-11-13-5-6-14(10-17)15(9-13)21-3/h5-6,9,12,18H,4,7-8,11H2,1-3H3,(H,19,20). The Kier molecular flexibility index (Phi) is 7.27. The van der Waals surface area contributed by atoms with Crippen molar-refractivity contribution in [3.63, 3.8) is 0 Å². The third kappa shape index (κ3) is 5.84. The van der Waals surface area contributed by atoms with Crippen LogP contribution in [0.5, 0.6) is 5.75 Å². The third-order valence-electron chi connectivity index (χ3n) is 3.26. The first-order chi connectivity index (χ1) is 10.1. The zero-order chi connectivity index (χ0) is 15.7. The van der Waals surface area contributed by atoms with Crippen molar-refractivity contribution in [3.8, 4) is 11.8 Å². The summed E-state index contributed by atoms with van der Waals surface area (Å²) in [5.41, 5.74) is 1.54. The fraction of sp³-hybridized carbons (Fsp3) is 0.500. The molecular weight excluding hydrogens is 266 g/mol. The number of amides is 1. The normalized spacial score (nSPS) is 11.5. The predicted octanol–water partition coefficient (Wildman–Crippen LogP) is 1.96. The van der Waals surface area contributed by atoms with E-state index in [0.29, 0.717) is 30.8 Å². The van der Waals surface area contributed by atoms with Crippen molar-refractivity contribution in [3.05, 3.63) is 29.3 Å². The first-order valence-electron chi connectivity index (χ1n) is 7.17. The Balaban J connectivity index is 2.36. The van der Waals surface area contributed by atoms with Gasteiger partial charge in [-0.3, -0.25) is 4.79 Å². The maximum atomic E-state index is 11.6. The highest BCUT2D eigenvalue weighted by molar-refractivity contribution is 5.76. The molecule has 0 saturated heterocycles. The summed E-state index contributed by atoms with van der Waals surface area (Å²) in [6.45, 7) is 5.29. The number of nitrogens with zero attached hydrogens (tertiary/aromatic N) is 1. The van der Waals surface area contributed by atoms with E-state index in [9.17, 15) is 4.79 Å². The molecule has 1 amide bonds. The molecule has 21 heavy (non-hydrogen) atoms. The van der Waals surface area contributed by atoms with Crippen molar-refractivity contribution in [1.82, 2.24) is 10.6 Å². The van der Waals surface area contributed by atoms with Crippen molar-refractivity contribution in [2.75, 3.05) is 13.7 Å². The quantitative estimate of drug-likeness (QED) is 0.717. The minimum Gasteiger partial charge on any atom is -0.495 e. The van der Waals surface area contributed by atoms with E-state index >= 15 is 0 Å². The van der Waals surface area contributed by atoms with Crippen LogP contribution in [0.15, 0.2) is 18.2 Å². The van der Waals surface area contributed by atoms with E-state index in [-0.39, 0.29) is 11.9 Å².